The van der Waals surface area contributed by atoms with Crippen LogP contribution in [0.25, 0.3) is 0 Å². The first-order valence-electron chi connectivity index (χ1n) is 4.92. The molecule has 12 heavy (non-hydrogen) atoms. The zero-order valence-corrected chi connectivity index (χ0v) is 7.47. The maximum atomic E-state index is 12.7. The van der Waals surface area contributed by atoms with Crippen molar-refractivity contribution in [2.75, 3.05) is 0 Å². The summed E-state index contributed by atoms with van der Waals surface area (Å²) in [6.07, 6.45) is 6.93. The number of aldehydes is 1. The first kappa shape index (κ1) is 9.69. The molecular formula is C10H17FO. The molecule has 0 spiro atoms. The third kappa shape index (κ3) is 3.33. The average molecular weight is 172 g/mol. The summed E-state index contributed by atoms with van der Waals surface area (Å²) in [5.41, 5.74) is 0. The molecule has 1 aliphatic carbocycles. The summed E-state index contributed by atoms with van der Waals surface area (Å²) in [5, 5.41) is 0. The number of rotatable bonds is 3. The van der Waals surface area contributed by atoms with E-state index >= 15 is 0 Å². The van der Waals surface area contributed by atoms with Crippen LogP contribution < -0.4 is 0 Å². The van der Waals surface area contributed by atoms with Crippen LogP contribution in [0.4, 0.5) is 4.39 Å². The van der Waals surface area contributed by atoms with E-state index in [9.17, 15) is 9.18 Å². The third-order valence-corrected chi connectivity index (χ3v) is 2.68. The van der Waals surface area contributed by atoms with E-state index in [0.29, 0.717) is 18.6 Å². The van der Waals surface area contributed by atoms with Gasteiger partial charge in [-0.25, -0.2) is 4.39 Å². The van der Waals surface area contributed by atoms with Gasteiger partial charge in [-0.05, 0) is 12.3 Å². The summed E-state index contributed by atoms with van der Waals surface area (Å²) in [7, 11) is 0. The molecule has 1 unspecified atom stereocenters. The monoisotopic (exact) mass is 172 g/mol. The lowest BCUT2D eigenvalue weighted by molar-refractivity contribution is -0.112. The van der Waals surface area contributed by atoms with Gasteiger partial charge in [0.15, 0.2) is 12.5 Å². The molecule has 1 rings (SSSR count). The first-order valence-corrected chi connectivity index (χ1v) is 4.92. The molecular weight excluding hydrogens is 155 g/mol. The topological polar surface area (TPSA) is 17.1 Å². The Hall–Kier alpha value is -0.400. The second kappa shape index (κ2) is 5.28. The van der Waals surface area contributed by atoms with Crippen LogP contribution in [-0.2, 0) is 4.79 Å². The zero-order valence-electron chi connectivity index (χ0n) is 7.47. The number of hydrogen-bond donors (Lipinski definition) is 0. The number of carbonyl (C=O) groups excluding carboxylic acids is 1. The summed E-state index contributed by atoms with van der Waals surface area (Å²) >= 11 is 0. The molecule has 1 aliphatic rings. The Morgan fingerprint density at radius 2 is 1.83 bits per heavy atom. The summed E-state index contributed by atoms with van der Waals surface area (Å²) in [6.45, 7) is 0. The molecule has 70 valence electrons. The molecule has 0 aromatic carbocycles. The lowest BCUT2D eigenvalue weighted by atomic mass is 9.95. The van der Waals surface area contributed by atoms with Crippen molar-refractivity contribution in [1.82, 2.24) is 0 Å². The van der Waals surface area contributed by atoms with Crippen molar-refractivity contribution in [2.24, 2.45) is 5.92 Å². The van der Waals surface area contributed by atoms with Crippen LogP contribution in [0.1, 0.15) is 44.9 Å². The van der Waals surface area contributed by atoms with Crippen LogP contribution in [0.5, 0.6) is 0 Å². The van der Waals surface area contributed by atoms with Crippen LogP contribution in [0.2, 0.25) is 0 Å². The Kier molecular flexibility index (Phi) is 4.26. The van der Waals surface area contributed by atoms with Gasteiger partial charge in [0.1, 0.15) is 0 Å². The van der Waals surface area contributed by atoms with Crippen LogP contribution in [0.3, 0.4) is 0 Å². The van der Waals surface area contributed by atoms with Crippen molar-refractivity contribution in [2.45, 2.75) is 51.1 Å². The molecule has 1 nitrogen and oxygen atoms in total. The van der Waals surface area contributed by atoms with Gasteiger partial charge in [0, 0.05) is 0 Å². The molecule has 0 aromatic rings. The normalized spacial score (nSPS) is 23.1. The molecule has 0 aliphatic heterocycles. The number of carbonyl (C=O) groups is 1. The summed E-state index contributed by atoms with van der Waals surface area (Å²) in [6, 6.07) is 0. The van der Waals surface area contributed by atoms with Crippen molar-refractivity contribution < 1.29 is 9.18 Å². The standard InChI is InChI=1S/C10H17FO/c11-10(8-12)7-9-5-3-1-2-4-6-9/h8-10H,1-7H2. The second-order valence-electron chi connectivity index (χ2n) is 3.75. The SMILES string of the molecule is O=CC(F)CC1CCCCCC1. The molecule has 0 N–H and O–H groups in total. The van der Waals surface area contributed by atoms with Crippen molar-refractivity contribution in [3.8, 4) is 0 Å². The van der Waals surface area contributed by atoms with Crippen molar-refractivity contribution in [3.63, 3.8) is 0 Å². The Labute approximate surface area is 73.3 Å². The highest BCUT2D eigenvalue weighted by atomic mass is 19.1. The van der Waals surface area contributed by atoms with Crippen molar-refractivity contribution in [1.29, 1.82) is 0 Å². The van der Waals surface area contributed by atoms with Crippen LogP contribution >= 0.6 is 0 Å². The highest BCUT2D eigenvalue weighted by Crippen LogP contribution is 2.26. The molecule has 1 atom stereocenters. The maximum absolute atomic E-state index is 12.7. The van der Waals surface area contributed by atoms with E-state index in [1.807, 2.05) is 0 Å². The highest BCUT2D eigenvalue weighted by Gasteiger charge is 2.16. The molecule has 0 saturated heterocycles. The van der Waals surface area contributed by atoms with Gasteiger partial charge in [0.25, 0.3) is 0 Å². The largest absolute Gasteiger partial charge is 0.300 e. The lowest BCUT2D eigenvalue weighted by Crippen LogP contribution is -2.10. The van der Waals surface area contributed by atoms with Gasteiger partial charge in [-0.15, -0.1) is 0 Å². The molecule has 0 heterocycles. The molecule has 0 radical (unpaired) electrons. The van der Waals surface area contributed by atoms with Crippen LogP contribution in [0, 0.1) is 5.92 Å². The van der Waals surface area contributed by atoms with Gasteiger partial charge in [0.2, 0.25) is 0 Å². The van der Waals surface area contributed by atoms with Gasteiger partial charge < -0.3 is 4.79 Å². The van der Waals surface area contributed by atoms with E-state index in [4.69, 9.17) is 0 Å². The highest BCUT2D eigenvalue weighted by molar-refractivity contribution is 5.55. The quantitative estimate of drug-likeness (QED) is 0.472. The van der Waals surface area contributed by atoms with E-state index < -0.39 is 6.17 Å². The van der Waals surface area contributed by atoms with E-state index in [1.54, 1.807) is 0 Å². The maximum Gasteiger partial charge on any atom is 0.155 e. The predicted octanol–water partition coefficient (Wildman–Crippen LogP) is 2.88. The summed E-state index contributed by atoms with van der Waals surface area (Å²) in [4.78, 5) is 10.1. The number of hydrogen-bond acceptors (Lipinski definition) is 1. The molecule has 2 heteroatoms. The minimum absolute atomic E-state index is 0.435. The minimum atomic E-state index is -1.21. The molecule has 0 aromatic heterocycles. The lowest BCUT2D eigenvalue weighted by Gasteiger charge is -2.13. The third-order valence-electron chi connectivity index (χ3n) is 2.68. The first-order chi connectivity index (χ1) is 5.83. The van der Waals surface area contributed by atoms with Crippen LogP contribution in [0.15, 0.2) is 0 Å². The van der Waals surface area contributed by atoms with Gasteiger partial charge in [-0.1, -0.05) is 38.5 Å². The van der Waals surface area contributed by atoms with Crippen LogP contribution in [-0.4, -0.2) is 12.5 Å². The smallest absolute Gasteiger partial charge is 0.155 e. The Morgan fingerprint density at radius 1 is 1.25 bits per heavy atom. The number of alkyl halides is 1. The Bertz CT molecular complexity index is 128. The van der Waals surface area contributed by atoms with E-state index in [0.717, 1.165) is 12.8 Å². The summed E-state index contributed by atoms with van der Waals surface area (Å²) < 4.78 is 12.7. The number of halogens is 1. The van der Waals surface area contributed by atoms with Crippen molar-refractivity contribution in [3.05, 3.63) is 0 Å². The fourth-order valence-corrected chi connectivity index (χ4v) is 1.97. The average Bonchev–Trinajstić information content (AvgIpc) is 2.33. The van der Waals surface area contributed by atoms with Gasteiger partial charge in [-0.2, -0.15) is 0 Å². The molecule has 0 bridgehead atoms. The molecule has 1 saturated carbocycles. The zero-order chi connectivity index (χ0) is 8.81. The fourth-order valence-electron chi connectivity index (χ4n) is 1.97. The van der Waals surface area contributed by atoms with E-state index in [1.165, 1.54) is 25.7 Å². The Morgan fingerprint density at radius 3 is 2.33 bits per heavy atom. The molecule has 1 fully saturated rings. The van der Waals surface area contributed by atoms with E-state index in [-0.39, 0.29) is 0 Å². The van der Waals surface area contributed by atoms with Gasteiger partial charge >= 0.3 is 0 Å². The second-order valence-corrected chi connectivity index (χ2v) is 3.75. The fraction of sp³-hybridized carbons (Fsp3) is 0.900. The molecule has 0 amide bonds. The Balaban J connectivity index is 2.24. The van der Waals surface area contributed by atoms with Crippen molar-refractivity contribution >= 4 is 6.29 Å². The minimum Gasteiger partial charge on any atom is -0.300 e. The van der Waals surface area contributed by atoms with Gasteiger partial charge in [-0.3, -0.25) is 0 Å². The van der Waals surface area contributed by atoms with Gasteiger partial charge in [0.05, 0.1) is 0 Å². The predicted molar refractivity (Wildman–Crippen MR) is 46.8 cm³/mol. The summed E-state index contributed by atoms with van der Waals surface area (Å²) in [5.74, 6) is 0.465. The van der Waals surface area contributed by atoms with E-state index in [2.05, 4.69) is 0 Å².